The zero-order valence-corrected chi connectivity index (χ0v) is 19.6. The van der Waals surface area contributed by atoms with Crippen LogP contribution in [-0.4, -0.2) is 80.5 Å². The first kappa shape index (κ1) is 30.1. The van der Waals surface area contributed by atoms with E-state index in [1.807, 2.05) is 36.8 Å². The average molecular weight is 547 g/mol. The molecular formula is C23H23F6N5O4. The van der Waals surface area contributed by atoms with E-state index in [-0.39, 0.29) is 0 Å². The van der Waals surface area contributed by atoms with Gasteiger partial charge in [0.05, 0.1) is 0 Å². The number of aliphatic carboxylic acids is 2. The number of nitrogens with one attached hydrogen (secondary N) is 1. The summed E-state index contributed by atoms with van der Waals surface area (Å²) in [5.74, 6) is -4.57. The number of carboxylic acids is 2. The molecule has 0 unspecified atom stereocenters. The fourth-order valence-corrected chi connectivity index (χ4v) is 3.14. The number of anilines is 1. The van der Waals surface area contributed by atoms with Crippen LogP contribution in [0.3, 0.4) is 0 Å². The second-order valence-corrected chi connectivity index (χ2v) is 7.70. The van der Waals surface area contributed by atoms with E-state index in [9.17, 15) is 26.3 Å². The molecule has 1 aliphatic heterocycles. The quantitative estimate of drug-likeness (QED) is 0.418. The zero-order valence-electron chi connectivity index (χ0n) is 19.6. The Kier molecular flexibility index (Phi) is 10.6. The van der Waals surface area contributed by atoms with Crippen molar-refractivity contribution in [3.8, 4) is 11.4 Å². The SMILES string of the molecule is O=C(O)C(F)(F)F.O=C(O)C(F)(F)F.c1ccc(-c2ncc(CN3CCN(c4ccncc4)CC3)[nH]2)cc1. The van der Waals surface area contributed by atoms with Crippen LogP contribution in [0.5, 0.6) is 0 Å². The van der Waals surface area contributed by atoms with Gasteiger partial charge in [0.15, 0.2) is 0 Å². The van der Waals surface area contributed by atoms with Gasteiger partial charge in [0.1, 0.15) is 5.82 Å². The van der Waals surface area contributed by atoms with Gasteiger partial charge in [-0.15, -0.1) is 0 Å². The van der Waals surface area contributed by atoms with E-state index in [2.05, 4.69) is 49.0 Å². The number of piperazine rings is 1. The van der Waals surface area contributed by atoms with Gasteiger partial charge in [0.25, 0.3) is 0 Å². The van der Waals surface area contributed by atoms with Gasteiger partial charge in [0, 0.05) is 68.3 Å². The molecule has 3 heterocycles. The van der Waals surface area contributed by atoms with Crippen molar-refractivity contribution < 1.29 is 46.1 Å². The standard InChI is InChI=1S/C19H21N5.2C2HF3O2/c1-2-4-16(5-3-1)19-21-14-17(22-19)15-23-10-12-24(13-11-23)18-6-8-20-9-7-18;2*3-2(4,5)1(6)7/h1-9,14H,10-13,15H2,(H,21,22);2*(H,6,7). The maximum absolute atomic E-state index is 10.6. The first-order chi connectivity index (χ1) is 17.8. The second kappa shape index (κ2) is 13.4. The van der Waals surface area contributed by atoms with E-state index in [0.717, 1.165) is 44.1 Å². The fourth-order valence-electron chi connectivity index (χ4n) is 3.14. The Morgan fingerprint density at radius 1 is 0.842 bits per heavy atom. The highest BCUT2D eigenvalue weighted by Gasteiger charge is 2.38. The second-order valence-electron chi connectivity index (χ2n) is 7.70. The molecule has 15 heteroatoms. The van der Waals surface area contributed by atoms with Crippen LogP contribution in [0, 0.1) is 0 Å². The molecule has 4 rings (SSSR count). The molecule has 1 fully saturated rings. The van der Waals surface area contributed by atoms with Crippen molar-refractivity contribution in [2.75, 3.05) is 31.1 Å². The Labute approximate surface area is 212 Å². The molecule has 0 amide bonds. The van der Waals surface area contributed by atoms with Gasteiger partial charge in [-0.1, -0.05) is 30.3 Å². The summed E-state index contributed by atoms with van der Waals surface area (Å²) in [5.41, 5.74) is 3.56. The minimum atomic E-state index is -5.08. The van der Waals surface area contributed by atoms with E-state index in [1.165, 1.54) is 11.4 Å². The van der Waals surface area contributed by atoms with Crippen LogP contribution in [-0.2, 0) is 16.1 Å². The maximum atomic E-state index is 10.6. The van der Waals surface area contributed by atoms with E-state index in [4.69, 9.17) is 19.8 Å². The summed E-state index contributed by atoms with van der Waals surface area (Å²) in [6.45, 7) is 5.13. The molecule has 9 nitrogen and oxygen atoms in total. The van der Waals surface area contributed by atoms with Crippen LogP contribution >= 0.6 is 0 Å². The Balaban J connectivity index is 0.000000301. The number of halogens is 6. The summed E-state index contributed by atoms with van der Waals surface area (Å²) < 4.78 is 63.5. The molecule has 2 aromatic heterocycles. The number of carbonyl (C=O) groups is 2. The van der Waals surface area contributed by atoms with E-state index >= 15 is 0 Å². The number of nitrogens with zero attached hydrogens (tertiary/aromatic N) is 4. The molecule has 1 aliphatic rings. The molecule has 0 radical (unpaired) electrons. The highest BCUT2D eigenvalue weighted by molar-refractivity contribution is 5.73. The van der Waals surface area contributed by atoms with E-state index in [1.54, 1.807) is 0 Å². The van der Waals surface area contributed by atoms with Crippen LogP contribution in [0.15, 0.2) is 61.1 Å². The summed E-state index contributed by atoms with van der Waals surface area (Å²) in [6, 6.07) is 14.4. The van der Waals surface area contributed by atoms with Crippen molar-refractivity contribution >= 4 is 17.6 Å². The number of pyridine rings is 1. The fraction of sp³-hybridized carbons (Fsp3) is 0.304. The van der Waals surface area contributed by atoms with Gasteiger partial charge in [-0.05, 0) is 12.1 Å². The minimum Gasteiger partial charge on any atom is -0.475 e. The van der Waals surface area contributed by atoms with Crippen LogP contribution in [0.2, 0.25) is 0 Å². The van der Waals surface area contributed by atoms with E-state index < -0.39 is 24.3 Å². The molecule has 38 heavy (non-hydrogen) atoms. The third-order valence-corrected chi connectivity index (χ3v) is 4.95. The molecule has 0 atom stereocenters. The summed E-state index contributed by atoms with van der Waals surface area (Å²) in [6.07, 6.45) is -4.49. The third-order valence-electron chi connectivity index (χ3n) is 4.95. The van der Waals surface area contributed by atoms with Gasteiger partial charge in [-0.3, -0.25) is 9.88 Å². The van der Waals surface area contributed by atoms with Crippen molar-refractivity contribution in [3.05, 3.63) is 66.7 Å². The Morgan fingerprint density at radius 2 is 1.34 bits per heavy atom. The lowest BCUT2D eigenvalue weighted by atomic mass is 10.2. The predicted molar refractivity (Wildman–Crippen MR) is 123 cm³/mol. The number of benzene rings is 1. The van der Waals surface area contributed by atoms with Crippen LogP contribution in [0.25, 0.3) is 11.4 Å². The molecule has 0 saturated carbocycles. The molecule has 1 aromatic carbocycles. The van der Waals surface area contributed by atoms with Crippen molar-refractivity contribution in [1.82, 2.24) is 19.9 Å². The Bertz CT molecular complexity index is 1120. The van der Waals surface area contributed by atoms with Gasteiger partial charge in [-0.25, -0.2) is 14.6 Å². The van der Waals surface area contributed by atoms with Crippen LogP contribution in [0.1, 0.15) is 5.69 Å². The molecule has 0 bridgehead atoms. The normalized spacial score (nSPS) is 14.0. The number of hydrogen-bond donors (Lipinski definition) is 3. The highest BCUT2D eigenvalue weighted by Crippen LogP contribution is 2.18. The number of hydrogen-bond acceptors (Lipinski definition) is 6. The number of aromatic amines is 1. The minimum absolute atomic E-state index is 0.921. The summed E-state index contributed by atoms with van der Waals surface area (Å²) in [4.78, 5) is 34.7. The largest absolute Gasteiger partial charge is 0.490 e. The number of aromatic nitrogens is 3. The van der Waals surface area contributed by atoms with Crippen molar-refractivity contribution in [2.45, 2.75) is 18.9 Å². The Hall–Kier alpha value is -4.14. The van der Waals surface area contributed by atoms with Gasteiger partial charge in [-0.2, -0.15) is 26.3 Å². The molecule has 0 spiro atoms. The number of rotatable bonds is 4. The lowest BCUT2D eigenvalue weighted by Crippen LogP contribution is -2.46. The molecule has 1 saturated heterocycles. The lowest BCUT2D eigenvalue weighted by Gasteiger charge is -2.35. The van der Waals surface area contributed by atoms with Crippen LogP contribution < -0.4 is 4.90 Å². The monoisotopic (exact) mass is 547 g/mol. The van der Waals surface area contributed by atoms with Crippen molar-refractivity contribution in [3.63, 3.8) is 0 Å². The van der Waals surface area contributed by atoms with Gasteiger partial charge >= 0.3 is 24.3 Å². The van der Waals surface area contributed by atoms with Crippen LogP contribution in [0.4, 0.5) is 32.0 Å². The van der Waals surface area contributed by atoms with Crippen molar-refractivity contribution in [1.29, 1.82) is 0 Å². The lowest BCUT2D eigenvalue weighted by molar-refractivity contribution is -0.193. The average Bonchev–Trinajstić information content (AvgIpc) is 3.34. The van der Waals surface area contributed by atoms with E-state index in [0.29, 0.717) is 0 Å². The van der Waals surface area contributed by atoms with Gasteiger partial charge < -0.3 is 20.1 Å². The number of H-pyrrole nitrogens is 1. The van der Waals surface area contributed by atoms with Gasteiger partial charge in [0.2, 0.25) is 0 Å². The molecule has 0 aliphatic carbocycles. The molecular weight excluding hydrogens is 524 g/mol. The molecule has 3 aromatic rings. The Morgan fingerprint density at radius 3 is 1.82 bits per heavy atom. The molecule has 206 valence electrons. The molecule has 3 N–H and O–H groups in total. The number of imidazole rings is 1. The predicted octanol–water partition coefficient (Wildman–Crippen LogP) is 4.06. The third kappa shape index (κ3) is 10.1. The highest BCUT2D eigenvalue weighted by atomic mass is 19.4. The number of alkyl halides is 6. The summed E-state index contributed by atoms with van der Waals surface area (Å²) >= 11 is 0. The maximum Gasteiger partial charge on any atom is 0.490 e. The first-order valence-corrected chi connectivity index (χ1v) is 10.8. The zero-order chi connectivity index (χ0) is 28.3. The number of carboxylic acid groups (broad SMARTS) is 2. The summed E-state index contributed by atoms with van der Waals surface area (Å²) in [5, 5.41) is 14.2. The topological polar surface area (TPSA) is 123 Å². The summed E-state index contributed by atoms with van der Waals surface area (Å²) in [7, 11) is 0. The smallest absolute Gasteiger partial charge is 0.475 e. The first-order valence-electron chi connectivity index (χ1n) is 10.8. The van der Waals surface area contributed by atoms with Crippen molar-refractivity contribution in [2.24, 2.45) is 0 Å².